The molecule has 31 heavy (non-hydrogen) atoms. The topological polar surface area (TPSA) is 105 Å². The van der Waals surface area contributed by atoms with Crippen LogP contribution in [-0.4, -0.2) is 44.7 Å². The number of anilines is 2. The second kappa shape index (κ2) is 9.49. The van der Waals surface area contributed by atoms with Crippen molar-refractivity contribution in [3.05, 3.63) is 48.0 Å². The third-order valence-electron chi connectivity index (χ3n) is 5.35. The SMILES string of the molecule is COc1ccc(S(=O)(=O)N2CCCC(C(=O)Nc3cccc(NC(C)=O)c3C)C2)cc1. The first kappa shape index (κ1) is 22.8. The van der Waals surface area contributed by atoms with E-state index < -0.39 is 15.9 Å². The maximum atomic E-state index is 13.0. The van der Waals surface area contributed by atoms with E-state index in [2.05, 4.69) is 10.6 Å². The van der Waals surface area contributed by atoms with Crippen molar-refractivity contribution < 1.29 is 22.7 Å². The van der Waals surface area contributed by atoms with Crippen molar-refractivity contribution in [2.24, 2.45) is 5.92 Å². The molecule has 2 amide bonds. The number of benzene rings is 2. The van der Waals surface area contributed by atoms with Gasteiger partial charge in [0.15, 0.2) is 0 Å². The Morgan fingerprint density at radius 1 is 1.06 bits per heavy atom. The van der Waals surface area contributed by atoms with Crippen molar-refractivity contribution >= 4 is 33.2 Å². The highest BCUT2D eigenvalue weighted by atomic mass is 32.2. The molecule has 166 valence electrons. The van der Waals surface area contributed by atoms with Crippen LogP contribution in [0.25, 0.3) is 0 Å². The van der Waals surface area contributed by atoms with E-state index in [0.717, 1.165) is 5.56 Å². The Hall–Kier alpha value is -2.91. The lowest BCUT2D eigenvalue weighted by Crippen LogP contribution is -2.43. The molecule has 1 saturated heterocycles. The van der Waals surface area contributed by atoms with Crippen LogP contribution < -0.4 is 15.4 Å². The number of hydrogen-bond acceptors (Lipinski definition) is 5. The van der Waals surface area contributed by atoms with Gasteiger partial charge in [-0.2, -0.15) is 4.31 Å². The van der Waals surface area contributed by atoms with Crippen LogP contribution in [0, 0.1) is 12.8 Å². The third kappa shape index (κ3) is 5.23. The number of nitrogens with one attached hydrogen (secondary N) is 2. The molecule has 0 aromatic heterocycles. The maximum Gasteiger partial charge on any atom is 0.243 e. The first-order valence-corrected chi connectivity index (χ1v) is 11.5. The quantitative estimate of drug-likeness (QED) is 0.711. The number of amides is 2. The minimum absolute atomic E-state index is 0.116. The van der Waals surface area contributed by atoms with Gasteiger partial charge in [-0.1, -0.05) is 6.07 Å². The molecule has 8 nitrogen and oxygen atoms in total. The Balaban J connectivity index is 1.73. The molecule has 2 aromatic carbocycles. The van der Waals surface area contributed by atoms with E-state index in [9.17, 15) is 18.0 Å². The van der Waals surface area contributed by atoms with Gasteiger partial charge in [-0.25, -0.2) is 8.42 Å². The number of carbonyl (C=O) groups excluding carboxylic acids is 2. The van der Waals surface area contributed by atoms with E-state index in [0.29, 0.717) is 36.5 Å². The fourth-order valence-electron chi connectivity index (χ4n) is 3.60. The third-order valence-corrected chi connectivity index (χ3v) is 7.23. The first-order chi connectivity index (χ1) is 14.7. The standard InChI is InChI=1S/C22H27N3O5S/c1-15-20(23-16(2)26)7-4-8-21(15)24-22(27)17-6-5-13-25(14-17)31(28,29)19-11-9-18(30-3)10-12-19/h4,7-12,17H,5-6,13-14H2,1-3H3,(H,23,26)(H,24,27). The van der Waals surface area contributed by atoms with Gasteiger partial charge in [0.05, 0.1) is 17.9 Å². The van der Waals surface area contributed by atoms with Crippen molar-refractivity contribution in [3.63, 3.8) is 0 Å². The van der Waals surface area contributed by atoms with E-state index >= 15 is 0 Å². The summed E-state index contributed by atoms with van der Waals surface area (Å²) in [6.07, 6.45) is 1.20. The molecular formula is C22H27N3O5S. The smallest absolute Gasteiger partial charge is 0.243 e. The monoisotopic (exact) mass is 445 g/mol. The summed E-state index contributed by atoms with van der Waals surface area (Å²) in [6.45, 7) is 3.71. The van der Waals surface area contributed by atoms with Crippen LogP contribution >= 0.6 is 0 Å². The Bertz CT molecular complexity index is 1070. The summed E-state index contributed by atoms with van der Waals surface area (Å²) in [4.78, 5) is 24.4. The molecule has 0 aliphatic carbocycles. The fraction of sp³-hybridized carbons (Fsp3) is 0.364. The summed E-state index contributed by atoms with van der Waals surface area (Å²) in [6, 6.07) is 11.5. The van der Waals surface area contributed by atoms with Gasteiger partial charge in [0.1, 0.15) is 5.75 Å². The predicted octanol–water partition coefficient (Wildman–Crippen LogP) is 3.00. The normalized spacial score (nSPS) is 17.1. The fourth-order valence-corrected chi connectivity index (χ4v) is 5.13. The summed E-state index contributed by atoms with van der Waals surface area (Å²) >= 11 is 0. The summed E-state index contributed by atoms with van der Waals surface area (Å²) in [5, 5.41) is 5.62. The van der Waals surface area contributed by atoms with Gasteiger partial charge in [-0.3, -0.25) is 9.59 Å². The average molecular weight is 446 g/mol. The predicted molar refractivity (Wildman–Crippen MR) is 119 cm³/mol. The zero-order valence-electron chi connectivity index (χ0n) is 17.8. The van der Waals surface area contributed by atoms with E-state index in [4.69, 9.17) is 4.74 Å². The van der Waals surface area contributed by atoms with E-state index in [1.165, 1.54) is 30.5 Å². The lowest BCUT2D eigenvalue weighted by atomic mass is 9.98. The lowest BCUT2D eigenvalue weighted by Gasteiger charge is -2.31. The molecule has 0 spiro atoms. The van der Waals surface area contributed by atoms with Crippen LogP contribution in [0.15, 0.2) is 47.4 Å². The molecule has 2 aromatic rings. The molecule has 9 heteroatoms. The number of methoxy groups -OCH3 is 1. The zero-order chi connectivity index (χ0) is 22.6. The van der Waals surface area contributed by atoms with Crippen LogP contribution in [0.1, 0.15) is 25.3 Å². The summed E-state index contributed by atoms with van der Waals surface area (Å²) < 4.78 is 32.5. The van der Waals surface area contributed by atoms with E-state index in [-0.39, 0.29) is 23.3 Å². The Kier molecular flexibility index (Phi) is 6.97. The second-order valence-corrected chi connectivity index (χ2v) is 9.46. The molecule has 3 rings (SSSR count). The van der Waals surface area contributed by atoms with Gasteiger partial charge >= 0.3 is 0 Å². The minimum Gasteiger partial charge on any atom is -0.497 e. The summed E-state index contributed by atoms with van der Waals surface area (Å²) in [5.74, 6) is -0.326. The molecule has 0 saturated carbocycles. The number of piperidine rings is 1. The molecule has 1 aliphatic heterocycles. The van der Waals surface area contributed by atoms with Crippen molar-refractivity contribution in [3.8, 4) is 5.75 Å². The number of ether oxygens (including phenoxy) is 1. The van der Waals surface area contributed by atoms with Crippen molar-refractivity contribution in [2.45, 2.75) is 31.6 Å². The molecule has 1 unspecified atom stereocenters. The molecule has 2 N–H and O–H groups in total. The van der Waals surface area contributed by atoms with Crippen molar-refractivity contribution in [2.75, 3.05) is 30.8 Å². The first-order valence-electron chi connectivity index (χ1n) is 10.0. The van der Waals surface area contributed by atoms with Gasteiger partial charge in [-0.15, -0.1) is 0 Å². The Morgan fingerprint density at radius 2 is 1.71 bits per heavy atom. The number of sulfonamides is 1. The number of carbonyl (C=O) groups is 2. The van der Waals surface area contributed by atoms with Gasteiger partial charge in [0.25, 0.3) is 0 Å². The van der Waals surface area contributed by atoms with Crippen molar-refractivity contribution in [1.29, 1.82) is 0 Å². The van der Waals surface area contributed by atoms with Crippen LogP contribution in [0.4, 0.5) is 11.4 Å². The average Bonchev–Trinajstić information content (AvgIpc) is 2.76. The van der Waals surface area contributed by atoms with Gasteiger partial charge in [0, 0.05) is 31.4 Å². The maximum absolute atomic E-state index is 13.0. The number of rotatable bonds is 6. The van der Waals surface area contributed by atoms with Gasteiger partial charge < -0.3 is 15.4 Å². The van der Waals surface area contributed by atoms with Gasteiger partial charge in [0.2, 0.25) is 21.8 Å². The van der Waals surface area contributed by atoms with E-state index in [1.54, 1.807) is 30.3 Å². The Morgan fingerprint density at radius 3 is 2.32 bits per heavy atom. The molecular weight excluding hydrogens is 418 g/mol. The Labute approximate surface area is 182 Å². The summed E-state index contributed by atoms with van der Waals surface area (Å²) in [5.41, 5.74) is 1.95. The second-order valence-electron chi connectivity index (χ2n) is 7.53. The molecule has 0 radical (unpaired) electrons. The van der Waals surface area contributed by atoms with Crippen LogP contribution in [0.5, 0.6) is 5.75 Å². The van der Waals surface area contributed by atoms with Crippen LogP contribution in [0.2, 0.25) is 0 Å². The minimum atomic E-state index is -3.70. The highest BCUT2D eigenvalue weighted by molar-refractivity contribution is 7.89. The van der Waals surface area contributed by atoms with E-state index in [1.807, 2.05) is 6.92 Å². The van der Waals surface area contributed by atoms with Crippen LogP contribution in [-0.2, 0) is 19.6 Å². The van der Waals surface area contributed by atoms with Crippen LogP contribution in [0.3, 0.4) is 0 Å². The number of nitrogens with zero attached hydrogens (tertiary/aromatic N) is 1. The lowest BCUT2D eigenvalue weighted by molar-refractivity contribution is -0.121. The molecule has 1 aliphatic rings. The van der Waals surface area contributed by atoms with Crippen molar-refractivity contribution in [1.82, 2.24) is 4.31 Å². The molecule has 1 fully saturated rings. The highest BCUT2D eigenvalue weighted by Crippen LogP contribution is 2.28. The largest absolute Gasteiger partial charge is 0.497 e. The highest BCUT2D eigenvalue weighted by Gasteiger charge is 2.33. The number of hydrogen-bond donors (Lipinski definition) is 2. The molecule has 0 bridgehead atoms. The zero-order valence-corrected chi connectivity index (χ0v) is 18.7. The molecule has 1 atom stereocenters. The molecule has 1 heterocycles. The summed E-state index contributed by atoms with van der Waals surface area (Å²) in [7, 11) is -2.19. The van der Waals surface area contributed by atoms with Gasteiger partial charge in [-0.05, 0) is 61.7 Å².